The lowest BCUT2D eigenvalue weighted by Gasteiger charge is -2.34. The van der Waals surface area contributed by atoms with Gasteiger partial charge in [0.25, 0.3) is 0 Å². The van der Waals surface area contributed by atoms with Crippen LogP contribution in [0.5, 0.6) is 0 Å². The maximum Gasteiger partial charge on any atom is 0.250 e. The maximum absolute atomic E-state index is 12.3. The molecule has 1 amide bonds. The maximum atomic E-state index is 12.3. The first-order valence-corrected chi connectivity index (χ1v) is 13.8. The number of anilines is 2. The van der Waals surface area contributed by atoms with Gasteiger partial charge in [0.15, 0.2) is 5.11 Å². The van der Waals surface area contributed by atoms with Gasteiger partial charge in [-0.15, -0.1) is 0 Å². The lowest BCUT2D eigenvalue weighted by atomic mass is 10.2. The third-order valence-corrected chi connectivity index (χ3v) is 7.35. The zero-order valence-electron chi connectivity index (χ0n) is 19.5. The van der Waals surface area contributed by atoms with E-state index in [0.717, 1.165) is 16.9 Å². The van der Waals surface area contributed by atoms with Gasteiger partial charge in [-0.2, -0.15) is 4.31 Å². The van der Waals surface area contributed by atoms with E-state index >= 15 is 0 Å². The fraction of sp³-hybridized carbons (Fsp3) is 0.200. The molecule has 0 radical (unpaired) electrons. The summed E-state index contributed by atoms with van der Waals surface area (Å²) in [5.41, 5.74) is 2.60. The second-order valence-electron chi connectivity index (χ2n) is 8.18. The minimum absolute atomic E-state index is 0.167. The van der Waals surface area contributed by atoms with E-state index in [4.69, 9.17) is 28.2 Å². The monoisotopic (exact) mass is 544 g/mol. The van der Waals surface area contributed by atoms with Crippen molar-refractivity contribution in [3.8, 4) is 11.3 Å². The largest absolute Gasteiger partial charge is 0.457 e. The summed E-state index contributed by atoms with van der Waals surface area (Å²) in [6, 6.07) is 18.4. The van der Waals surface area contributed by atoms with Crippen molar-refractivity contribution in [2.45, 2.75) is 0 Å². The van der Waals surface area contributed by atoms with Crippen molar-refractivity contribution in [2.75, 3.05) is 42.7 Å². The molecule has 0 atom stereocenters. The Bertz CT molecular complexity index is 1360. The molecule has 0 aliphatic carbocycles. The highest BCUT2D eigenvalue weighted by Crippen LogP contribution is 2.24. The van der Waals surface area contributed by atoms with E-state index in [1.54, 1.807) is 24.3 Å². The van der Waals surface area contributed by atoms with Crippen molar-refractivity contribution in [3.05, 3.63) is 77.5 Å². The van der Waals surface area contributed by atoms with Gasteiger partial charge in [-0.05, 0) is 79.0 Å². The van der Waals surface area contributed by atoms with Gasteiger partial charge in [-0.1, -0.05) is 11.6 Å². The molecule has 1 fully saturated rings. The summed E-state index contributed by atoms with van der Waals surface area (Å²) in [5.74, 6) is 0.809. The summed E-state index contributed by atoms with van der Waals surface area (Å²) < 4.78 is 30.6. The Balaban J connectivity index is 1.26. The van der Waals surface area contributed by atoms with Gasteiger partial charge in [0.1, 0.15) is 11.5 Å². The molecule has 0 unspecified atom stereocenters. The van der Waals surface area contributed by atoms with E-state index in [-0.39, 0.29) is 5.11 Å². The minimum Gasteiger partial charge on any atom is -0.457 e. The molecule has 2 aromatic carbocycles. The number of nitrogens with zero attached hydrogens (tertiary/aromatic N) is 2. The van der Waals surface area contributed by atoms with Crippen LogP contribution in [0.25, 0.3) is 17.4 Å². The summed E-state index contributed by atoms with van der Waals surface area (Å²) in [4.78, 5) is 14.4. The predicted molar refractivity (Wildman–Crippen MR) is 148 cm³/mol. The van der Waals surface area contributed by atoms with Crippen LogP contribution in [0.4, 0.5) is 11.4 Å². The van der Waals surface area contributed by atoms with E-state index in [2.05, 4.69) is 15.5 Å². The predicted octanol–water partition coefficient (Wildman–Crippen LogP) is 4.21. The van der Waals surface area contributed by atoms with Gasteiger partial charge < -0.3 is 14.6 Å². The smallest absolute Gasteiger partial charge is 0.250 e. The average molecular weight is 545 g/mol. The van der Waals surface area contributed by atoms with Crippen LogP contribution >= 0.6 is 23.8 Å². The quantitative estimate of drug-likeness (QED) is 0.354. The van der Waals surface area contributed by atoms with Crippen molar-refractivity contribution < 1.29 is 17.6 Å². The van der Waals surface area contributed by atoms with E-state index < -0.39 is 15.9 Å². The normalized spacial score (nSPS) is 14.7. The Hall–Kier alpha value is -3.18. The van der Waals surface area contributed by atoms with Gasteiger partial charge >= 0.3 is 0 Å². The first kappa shape index (κ1) is 25.9. The van der Waals surface area contributed by atoms with Crippen LogP contribution in [0, 0.1) is 0 Å². The molecule has 11 heteroatoms. The van der Waals surface area contributed by atoms with E-state index in [1.165, 1.54) is 16.6 Å². The zero-order chi connectivity index (χ0) is 25.7. The molecule has 1 saturated heterocycles. The van der Waals surface area contributed by atoms with E-state index in [9.17, 15) is 13.2 Å². The molecular weight excluding hydrogens is 520 g/mol. The highest BCUT2D eigenvalue weighted by molar-refractivity contribution is 7.88. The molecule has 0 bridgehead atoms. The zero-order valence-corrected chi connectivity index (χ0v) is 21.9. The van der Waals surface area contributed by atoms with Crippen molar-refractivity contribution in [2.24, 2.45) is 0 Å². The number of carbonyl (C=O) groups is 1. The summed E-state index contributed by atoms with van der Waals surface area (Å²) in [7, 11) is -3.16. The summed E-state index contributed by atoms with van der Waals surface area (Å²) >= 11 is 11.2. The standard InChI is InChI=1S/C25H25ClN4O4S2/c1-36(32,33)30-16-14-29(15-17-30)21-8-6-20(7-9-21)27-25(35)28-24(31)13-11-22-10-12-23(34-22)18-2-4-19(26)5-3-18/h2-13H,14-17H2,1H3,(H2,27,28,31,35)/b13-11+. The van der Waals surface area contributed by atoms with Crippen LogP contribution in [-0.2, 0) is 14.8 Å². The lowest BCUT2D eigenvalue weighted by molar-refractivity contribution is -0.115. The summed E-state index contributed by atoms with van der Waals surface area (Å²) in [5, 5.41) is 6.40. The molecular formula is C25H25ClN4O4S2. The van der Waals surface area contributed by atoms with Gasteiger partial charge in [-0.3, -0.25) is 10.1 Å². The van der Waals surface area contributed by atoms with Crippen molar-refractivity contribution in [3.63, 3.8) is 0 Å². The van der Waals surface area contributed by atoms with Crippen LogP contribution < -0.4 is 15.5 Å². The lowest BCUT2D eigenvalue weighted by Crippen LogP contribution is -2.48. The van der Waals surface area contributed by atoms with Crippen molar-refractivity contribution >= 4 is 62.3 Å². The number of furan rings is 1. The Morgan fingerprint density at radius 3 is 2.31 bits per heavy atom. The molecule has 0 spiro atoms. The molecule has 1 aromatic heterocycles. The number of carbonyl (C=O) groups excluding carboxylic acids is 1. The second kappa shape index (κ2) is 11.3. The number of hydrogen-bond donors (Lipinski definition) is 2. The molecule has 188 valence electrons. The number of halogens is 1. The highest BCUT2D eigenvalue weighted by atomic mass is 35.5. The first-order chi connectivity index (χ1) is 17.2. The third kappa shape index (κ3) is 6.94. The molecule has 3 aromatic rings. The Morgan fingerprint density at radius 1 is 1.00 bits per heavy atom. The number of sulfonamides is 1. The van der Waals surface area contributed by atoms with Crippen LogP contribution in [0.3, 0.4) is 0 Å². The fourth-order valence-electron chi connectivity index (χ4n) is 3.72. The molecule has 1 aliphatic heterocycles. The molecule has 1 aliphatic rings. The number of benzene rings is 2. The van der Waals surface area contributed by atoms with Gasteiger partial charge in [0, 0.05) is 54.2 Å². The summed E-state index contributed by atoms with van der Waals surface area (Å²) in [6.07, 6.45) is 4.14. The molecule has 2 heterocycles. The van der Waals surface area contributed by atoms with E-state index in [1.807, 2.05) is 42.5 Å². The minimum atomic E-state index is -3.16. The summed E-state index contributed by atoms with van der Waals surface area (Å²) in [6.45, 7) is 2.17. The third-order valence-electron chi connectivity index (χ3n) is 5.59. The molecule has 8 nitrogen and oxygen atoms in total. The molecule has 4 rings (SSSR count). The highest BCUT2D eigenvalue weighted by Gasteiger charge is 2.23. The van der Waals surface area contributed by atoms with Gasteiger partial charge in [-0.25, -0.2) is 8.42 Å². The van der Waals surface area contributed by atoms with Crippen LogP contribution in [0.15, 0.2) is 71.2 Å². The number of rotatable bonds is 6. The molecule has 36 heavy (non-hydrogen) atoms. The Labute approximate surface area is 220 Å². The van der Waals surface area contributed by atoms with Crippen molar-refractivity contribution in [1.29, 1.82) is 0 Å². The van der Waals surface area contributed by atoms with Crippen LogP contribution in [0.2, 0.25) is 5.02 Å². The Kier molecular flexibility index (Phi) is 8.10. The SMILES string of the molecule is CS(=O)(=O)N1CCN(c2ccc(NC(=S)NC(=O)/C=C/c3ccc(-c4ccc(Cl)cc4)o3)cc2)CC1. The number of nitrogens with one attached hydrogen (secondary N) is 2. The van der Waals surface area contributed by atoms with E-state index in [0.29, 0.717) is 42.7 Å². The Morgan fingerprint density at radius 2 is 1.67 bits per heavy atom. The van der Waals surface area contributed by atoms with Crippen molar-refractivity contribution in [1.82, 2.24) is 9.62 Å². The molecule has 2 N–H and O–H groups in total. The average Bonchev–Trinajstić information content (AvgIpc) is 3.32. The molecule has 0 saturated carbocycles. The van der Waals surface area contributed by atoms with Gasteiger partial charge in [0.05, 0.1) is 6.26 Å². The van der Waals surface area contributed by atoms with Crippen LogP contribution in [-0.4, -0.2) is 56.2 Å². The first-order valence-electron chi connectivity index (χ1n) is 11.1. The van der Waals surface area contributed by atoms with Crippen LogP contribution in [0.1, 0.15) is 5.76 Å². The second-order valence-corrected chi connectivity index (χ2v) is 11.0. The fourth-order valence-corrected chi connectivity index (χ4v) is 4.89. The topological polar surface area (TPSA) is 94.9 Å². The number of amides is 1. The van der Waals surface area contributed by atoms with Gasteiger partial charge in [0.2, 0.25) is 15.9 Å². The number of hydrogen-bond acceptors (Lipinski definition) is 6. The number of piperazine rings is 1. The number of thiocarbonyl (C=S) groups is 1.